The van der Waals surface area contributed by atoms with Crippen LogP contribution in [-0.4, -0.2) is 55.6 Å². The topological polar surface area (TPSA) is 32.5 Å². The van der Waals surface area contributed by atoms with E-state index in [1.807, 2.05) is 0 Å². The first kappa shape index (κ1) is 14.9. The van der Waals surface area contributed by atoms with E-state index in [0.717, 1.165) is 18.9 Å². The fraction of sp³-hybridized carbons (Fsp3) is 1.00. The highest BCUT2D eigenvalue weighted by molar-refractivity contribution is 4.82. The second-order valence-electron chi connectivity index (χ2n) is 7.02. The van der Waals surface area contributed by atoms with Gasteiger partial charge in [-0.25, -0.2) is 0 Å². The summed E-state index contributed by atoms with van der Waals surface area (Å²) in [6.45, 7) is 10.4. The van der Waals surface area contributed by atoms with Gasteiger partial charge in [0.15, 0.2) is 0 Å². The highest BCUT2D eigenvalue weighted by Crippen LogP contribution is 2.21. The Balaban J connectivity index is 2.19. The lowest BCUT2D eigenvalue weighted by Crippen LogP contribution is -2.34. The summed E-state index contributed by atoms with van der Waals surface area (Å²) in [5.74, 6) is 0. The second kappa shape index (κ2) is 6.17. The van der Waals surface area contributed by atoms with Crippen molar-refractivity contribution >= 4 is 0 Å². The minimum Gasteiger partial charge on any atom is -0.328 e. The summed E-state index contributed by atoms with van der Waals surface area (Å²) >= 11 is 0. The Labute approximate surface area is 107 Å². The molecule has 1 rings (SSSR count). The average Bonchev–Trinajstić information content (AvgIpc) is 2.60. The van der Waals surface area contributed by atoms with E-state index in [9.17, 15) is 0 Å². The van der Waals surface area contributed by atoms with Gasteiger partial charge in [0.2, 0.25) is 0 Å². The van der Waals surface area contributed by atoms with Crippen LogP contribution in [0.15, 0.2) is 0 Å². The Morgan fingerprint density at radius 2 is 2.00 bits per heavy atom. The summed E-state index contributed by atoms with van der Waals surface area (Å²) < 4.78 is 0. The normalized spacial score (nSPS) is 24.5. The maximum absolute atomic E-state index is 6.20. The number of hydrogen-bond donors (Lipinski definition) is 1. The maximum Gasteiger partial charge on any atom is 0.0229 e. The van der Waals surface area contributed by atoms with Crippen LogP contribution in [0.4, 0.5) is 0 Å². The lowest BCUT2D eigenvalue weighted by molar-refractivity contribution is 0.253. The predicted molar refractivity (Wildman–Crippen MR) is 75.2 cm³/mol. The molecule has 3 nitrogen and oxygen atoms in total. The lowest BCUT2D eigenvalue weighted by Gasteiger charge is -2.25. The van der Waals surface area contributed by atoms with E-state index in [1.54, 1.807) is 0 Å². The standard InChI is InChI=1S/C14H31N3/c1-14(2,3)10-12(15)6-8-17-9-7-13(11-17)16(4)5/h12-13H,6-11,15H2,1-5H3. The second-order valence-corrected chi connectivity index (χ2v) is 7.02. The predicted octanol–water partition coefficient (Wildman–Crippen LogP) is 1.78. The van der Waals surface area contributed by atoms with Gasteiger partial charge in [0.25, 0.3) is 0 Å². The van der Waals surface area contributed by atoms with E-state index < -0.39 is 0 Å². The van der Waals surface area contributed by atoms with E-state index in [1.165, 1.54) is 26.1 Å². The third-order valence-electron chi connectivity index (χ3n) is 3.67. The summed E-state index contributed by atoms with van der Waals surface area (Å²) in [7, 11) is 4.36. The van der Waals surface area contributed by atoms with Crippen molar-refractivity contribution in [1.29, 1.82) is 0 Å². The van der Waals surface area contributed by atoms with Crippen LogP contribution in [0.1, 0.15) is 40.0 Å². The van der Waals surface area contributed by atoms with Gasteiger partial charge in [0.05, 0.1) is 0 Å². The molecule has 1 aliphatic heterocycles. The molecule has 0 bridgehead atoms. The molecule has 0 amide bonds. The molecular weight excluding hydrogens is 210 g/mol. The van der Waals surface area contributed by atoms with E-state index in [4.69, 9.17) is 5.73 Å². The first-order chi connectivity index (χ1) is 7.78. The molecule has 0 aromatic heterocycles. The summed E-state index contributed by atoms with van der Waals surface area (Å²) in [5, 5.41) is 0. The van der Waals surface area contributed by atoms with Crippen LogP contribution in [-0.2, 0) is 0 Å². The molecule has 3 heteroatoms. The molecule has 1 saturated heterocycles. The van der Waals surface area contributed by atoms with Gasteiger partial charge in [0, 0.05) is 18.6 Å². The first-order valence-electron chi connectivity index (χ1n) is 6.92. The minimum atomic E-state index is 0.355. The third-order valence-corrected chi connectivity index (χ3v) is 3.67. The molecule has 17 heavy (non-hydrogen) atoms. The number of nitrogens with zero attached hydrogens (tertiary/aromatic N) is 2. The summed E-state index contributed by atoms with van der Waals surface area (Å²) in [6, 6.07) is 1.10. The fourth-order valence-corrected chi connectivity index (χ4v) is 2.67. The third kappa shape index (κ3) is 5.84. The van der Waals surface area contributed by atoms with Crippen molar-refractivity contribution in [2.24, 2.45) is 11.1 Å². The Hall–Kier alpha value is -0.120. The number of likely N-dealkylation sites (N-methyl/N-ethyl adjacent to an activating group) is 1. The average molecular weight is 241 g/mol. The molecule has 0 saturated carbocycles. The quantitative estimate of drug-likeness (QED) is 0.796. The van der Waals surface area contributed by atoms with Crippen molar-refractivity contribution in [3.8, 4) is 0 Å². The monoisotopic (exact) mass is 241 g/mol. The number of rotatable bonds is 5. The van der Waals surface area contributed by atoms with Crippen LogP contribution >= 0.6 is 0 Å². The zero-order valence-electron chi connectivity index (χ0n) is 12.4. The Morgan fingerprint density at radius 1 is 1.35 bits per heavy atom. The molecule has 1 heterocycles. The van der Waals surface area contributed by atoms with Gasteiger partial charge in [-0.2, -0.15) is 0 Å². The molecule has 1 aliphatic rings. The molecule has 0 aliphatic carbocycles. The molecule has 0 aromatic carbocycles. The van der Waals surface area contributed by atoms with Crippen molar-refractivity contribution in [2.45, 2.75) is 52.1 Å². The molecule has 0 aromatic rings. The van der Waals surface area contributed by atoms with Crippen LogP contribution in [0, 0.1) is 5.41 Å². The van der Waals surface area contributed by atoms with Crippen molar-refractivity contribution in [2.75, 3.05) is 33.7 Å². The molecule has 2 unspecified atom stereocenters. The van der Waals surface area contributed by atoms with Crippen LogP contribution in [0.25, 0.3) is 0 Å². The Kier molecular flexibility index (Phi) is 5.42. The van der Waals surface area contributed by atoms with Crippen molar-refractivity contribution in [3.05, 3.63) is 0 Å². The van der Waals surface area contributed by atoms with E-state index in [-0.39, 0.29) is 0 Å². The van der Waals surface area contributed by atoms with Crippen molar-refractivity contribution in [3.63, 3.8) is 0 Å². The molecule has 0 spiro atoms. The Morgan fingerprint density at radius 3 is 2.47 bits per heavy atom. The Bertz CT molecular complexity index is 220. The van der Waals surface area contributed by atoms with Crippen LogP contribution in [0.5, 0.6) is 0 Å². The van der Waals surface area contributed by atoms with Gasteiger partial charge in [-0.1, -0.05) is 20.8 Å². The van der Waals surface area contributed by atoms with Crippen molar-refractivity contribution in [1.82, 2.24) is 9.80 Å². The molecule has 0 radical (unpaired) electrons. The highest BCUT2D eigenvalue weighted by Gasteiger charge is 2.24. The highest BCUT2D eigenvalue weighted by atomic mass is 15.2. The molecule has 1 fully saturated rings. The number of hydrogen-bond acceptors (Lipinski definition) is 3. The van der Waals surface area contributed by atoms with Crippen LogP contribution < -0.4 is 5.73 Å². The van der Waals surface area contributed by atoms with E-state index >= 15 is 0 Å². The molecule has 2 atom stereocenters. The summed E-state index contributed by atoms with van der Waals surface area (Å²) in [6.07, 6.45) is 3.57. The minimum absolute atomic E-state index is 0.355. The molecular formula is C14H31N3. The van der Waals surface area contributed by atoms with Crippen LogP contribution in [0.2, 0.25) is 0 Å². The van der Waals surface area contributed by atoms with Crippen LogP contribution in [0.3, 0.4) is 0 Å². The smallest absolute Gasteiger partial charge is 0.0229 e. The largest absolute Gasteiger partial charge is 0.328 e. The van der Waals surface area contributed by atoms with Gasteiger partial charge in [-0.05, 0) is 51.9 Å². The van der Waals surface area contributed by atoms with Gasteiger partial charge in [-0.15, -0.1) is 0 Å². The van der Waals surface area contributed by atoms with Crippen molar-refractivity contribution < 1.29 is 0 Å². The summed E-state index contributed by atoms with van der Waals surface area (Å²) in [5.41, 5.74) is 6.55. The SMILES string of the molecule is CN(C)C1CCN(CCC(N)CC(C)(C)C)C1. The lowest BCUT2D eigenvalue weighted by atomic mass is 9.87. The first-order valence-corrected chi connectivity index (χ1v) is 6.92. The van der Waals surface area contributed by atoms with E-state index in [0.29, 0.717) is 11.5 Å². The zero-order valence-corrected chi connectivity index (χ0v) is 12.4. The zero-order chi connectivity index (χ0) is 13.1. The van der Waals surface area contributed by atoms with Gasteiger partial charge in [-0.3, -0.25) is 0 Å². The molecule has 102 valence electrons. The maximum atomic E-state index is 6.20. The number of nitrogens with two attached hydrogens (primary N) is 1. The fourth-order valence-electron chi connectivity index (χ4n) is 2.67. The molecule has 2 N–H and O–H groups in total. The van der Waals surface area contributed by atoms with E-state index in [2.05, 4.69) is 44.7 Å². The van der Waals surface area contributed by atoms with Gasteiger partial charge in [0.1, 0.15) is 0 Å². The summed E-state index contributed by atoms with van der Waals surface area (Å²) in [4.78, 5) is 4.91. The van der Waals surface area contributed by atoms with Gasteiger partial charge < -0.3 is 15.5 Å². The van der Waals surface area contributed by atoms with Gasteiger partial charge >= 0.3 is 0 Å². The number of likely N-dealkylation sites (tertiary alicyclic amines) is 1.